The lowest BCUT2D eigenvalue weighted by molar-refractivity contribution is 0.102. The molecule has 0 aliphatic rings. The zero-order valence-corrected chi connectivity index (χ0v) is 12.9. The van der Waals surface area contributed by atoms with Gasteiger partial charge >= 0.3 is 0 Å². The predicted octanol–water partition coefficient (Wildman–Crippen LogP) is 3.80. The third-order valence-electron chi connectivity index (χ3n) is 2.59. The fourth-order valence-corrected chi connectivity index (χ4v) is 2.37. The summed E-state index contributed by atoms with van der Waals surface area (Å²) in [7, 11) is 0. The molecular formula is C15H15BrN2O2. The van der Waals surface area contributed by atoms with Gasteiger partial charge in [0.05, 0.1) is 18.5 Å². The quantitative estimate of drug-likeness (QED) is 0.925. The number of rotatable bonds is 4. The highest BCUT2D eigenvalue weighted by Gasteiger charge is 2.08. The molecule has 0 aliphatic heterocycles. The molecule has 5 heteroatoms. The average Bonchev–Trinajstić information content (AvgIpc) is 2.40. The largest absolute Gasteiger partial charge is 0.478 e. The van der Waals surface area contributed by atoms with Crippen molar-refractivity contribution in [1.29, 1.82) is 0 Å². The Labute approximate surface area is 126 Å². The molecular weight excluding hydrogens is 320 g/mol. The molecule has 2 rings (SSSR count). The van der Waals surface area contributed by atoms with Crippen molar-refractivity contribution in [2.75, 3.05) is 11.9 Å². The van der Waals surface area contributed by atoms with Gasteiger partial charge in [-0.1, -0.05) is 15.9 Å². The second-order valence-corrected chi connectivity index (χ2v) is 5.21. The number of nitrogens with one attached hydrogen (secondary N) is 1. The van der Waals surface area contributed by atoms with Crippen LogP contribution in [0.25, 0.3) is 0 Å². The van der Waals surface area contributed by atoms with Crippen molar-refractivity contribution in [1.82, 2.24) is 4.98 Å². The van der Waals surface area contributed by atoms with E-state index in [0.717, 1.165) is 10.0 Å². The molecule has 0 saturated carbocycles. The molecule has 0 bridgehead atoms. The van der Waals surface area contributed by atoms with E-state index < -0.39 is 0 Å². The normalized spacial score (nSPS) is 10.2. The Morgan fingerprint density at radius 3 is 2.75 bits per heavy atom. The Morgan fingerprint density at radius 1 is 1.35 bits per heavy atom. The summed E-state index contributed by atoms with van der Waals surface area (Å²) in [5.41, 5.74) is 2.26. The number of carbonyl (C=O) groups is 1. The molecule has 0 saturated heterocycles. The van der Waals surface area contributed by atoms with E-state index in [1.807, 2.05) is 26.0 Å². The number of nitrogens with zero attached hydrogens (tertiary/aromatic N) is 1. The van der Waals surface area contributed by atoms with E-state index in [1.54, 1.807) is 24.4 Å². The van der Waals surface area contributed by atoms with Gasteiger partial charge in [0.1, 0.15) is 0 Å². The van der Waals surface area contributed by atoms with Gasteiger partial charge in [-0.25, -0.2) is 4.98 Å². The summed E-state index contributed by atoms with van der Waals surface area (Å²) >= 11 is 3.38. The van der Waals surface area contributed by atoms with Crippen molar-refractivity contribution >= 4 is 27.5 Å². The molecule has 1 heterocycles. The maximum absolute atomic E-state index is 12.1. The minimum atomic E-state index is -0.166. The van der Waals surface area contributed by atoms with Gasteiger partial charge in [-0.05, 0) is 43.7 Å². The number of hydrogen-bond donors (Lipinski definition) is 1. The molecule has 1 aromatic carbocycles. The summed E-state index contributed by atoms with van der Waals surface area (Å²) in [4.78, 5) is 16.2. The smallest absolute Gasteiger partial charge is 0.255 e. The van der Waals surface area contributed by atoms with E-state index in [-0.39, 0.29) is 5.91 Å². The van der Waals surface area contributed by atoms with Crippen LogP contribution in [0.5, 0.6) is 5.88 Å². The second-order valence-electron chi connectivity index (χ2n) is 4.29. The van der Waals surface area contributed by atoms with Crippen LogP contribution in [0.2, 0.25) is 0 Å². The lowest BCUT2D eigenvalue weighted by atomic mass is 10.1. The van der Waals surface area contributed by atoms with Crippen LogP contribution in [-0.4, -0.2) is 17.5 Å². The standard InChI is InChI=1S/C15H15BrN2O2/c1-3-20-14-5-4-13(9-17-14)18-15(19)11-6-10(2)7-12(16)8-11/h4-9H,3H2,1-2H3,(H,18,19). The Bertz CT molecular complexity index is 592. The van der Waals surface area contributed by atoms with Crippen molar-refractivity contribution in [2.45, 2.75) is 13.8 Å². The maximum Gasteiger partial charge on any atom is 0.255 e. The molecule has 1 aromatic heterocycles. The van der Waals surface area contributed by atoms with Crippen LogP contribution in [0.4, 0.5) is 5.69 Å². The van der Waals surface area contributed by atoms with Gasteiger partial charge in [0.15, 0.2) is 0 Å². The molecule has 20 heavy (non-hydrogen) atoms. The van der Waals surface area contributed by atoms with Gasteiger partial charge in [-0.2, -0.15) is 0 Å². The van der Waals surface area contributed by atoms with E-state index in [0.29, 0.717) is 23.7 Å². The average molecular weight is 335 g/mol. The van der Waals surface area contributed by atoms with Crippen molar-refractivity contribution < 1.29 is 9.53 Å². The lowest BCUT2D eigenvalue weighted by Gasteiger charge is -2.07. The van der Waals surface area contributed by atoms with Crippen LogP contribution in [0.1, 0.15) is 22.8 Å². The third-order valence-corrected chi connectivity index (χ3v) is 3.05. The first-order valence-electron chi connectivity index (χ1n) is 6.26. The molecule has 0 unspecified atom stereocenters. The molecule has 0 atom stereocenters. The Balaban J connectivity index is 2.10. The first kappa shape index (κ1) is 14.5. The second kappa shape index (κ2) is 6.52. The minimum Gasteiger partial charge on any atom is -0.478 e. The highest BCUT2D eigenvalue weighted by Crippen LogP contribution is 2.17. The minimum absolute atomic E-state index is 0.166. The Kier molecular flexibility index (Phi) is 4.74. The van der Waals surface area contributed by atoms with Crippen LogP contribution in [-0.2, 0) is 0 Å². The molecule has 1 amide bonds. The zero-order chi connectivity index (χ0) is 14.5. The third kappa shape index (κ3) is 3.81. The van der Waals surface area contributed by atoms with Crippen LogP contribution in [0.3, 0.4) is 0 Å². The molecule has 0 aliphatic carbocycles. The van der Waals surface area contributed by atoms with E-state index in [2.05, 4.69) is 26.2 Å². The van der Waals surface area contributed by atoms with Crippen molar-refractivity contribution in [2.24, 2.45) is 0 Å². The van der Waals surface area contributed by atoms with Gasteiger partial charge in [-0.15, -0.1) is 0 Å². The van der Waals surface area contributed by atoms with Crippen LogP contribution in [0, 0.1) is 6.92 Å². The van der Waals surface area contributed by atoms with E-state index in [1.165, 1.54) is 0 Å². The summed E-state index contributed by atoms with van der Waals surface area (Å²) in [5.74, 6) is 0.379. The number of hydrogen-bond acceptors (Lipinski definition) is 3. The highest BCUT2D eigenvalue weighted by molar-refractivity contribution is 9.10. The van der Waals surface area contributed by atoms with Crippen molar-refractivity contribution in [3.63, 3.8) is 0 Å². The first-order valence-corrected chi connectivity index (χ1v) is 7.05. The fraction of sp³-hybridized carbons (Fsp3) is 0.200. The molecule has 1 N–H and O–H groups in total. The molecule has 0 fully saturated rings. The predicted molar refractivity (Wildman–Crippen MR) is 82.2 cm³/mol. The van der Waals surface area contributed by atoms with Gasteiger partial charge in [0.25, 0.3) is 5.91 Å². The number of aryl methyl sites for hydroxylation is 1. The van der Waals surface area contributed by atoms with Gasteiger partial charge in [-0.3, -0.25) is 4.79 Å². The summed E-state index contributed by atoms with van der Waals surface area (Å²) in [6.07, 6.45) is 1.58. The first-order chi connectivity index (χ1) is 9.58. The number of anilines is 1. The lowest BCUT2D eigenvalue weighted by Crippen LogP contribution is -2.12. The van der Waals surface area contributed by atoms with E-state index in [9.17, 15) is 4.79 Å². The van der Waals surface area contributed by atoms with Crippen LogP contribution < -0.4 is 10.1 Å². The van der Waals surface area contributed by atoms with E-state index in [4.69, 9.17) is 4.74 Å². The number of pyridine rings is 1. The fourth-order valence-electron chi connectivity index (χ4n) is 1.76. The highest BCUT2D eigenvalue weighted by atomic mass is 79.9. The maximum atomic E-state index is 12.1. The summed E-state index contributed by atoms with van der Waals surface area (Å²) in [6.45, 7) is 4.41. The zero-order valence-electron chi connectivity index (χ0n) is 11.3. The molecule has 4 nitrogen and oxygen atoms in total. The summed E-state index contributed by atoms with van der Waals surface area (Å²) in [6, 6.07) is 9.06. The topological polar surface area (TPSA) is 51.2 Å². The number of carbonyl (C=O) groups excluding carboxylic acids is 1. The summed E-state index contributed by atoms with van der Waals surface area (Å²) < 4.78 is 6.13. The molecule has 2 aromatic rings. The SMILES string of the molecule is CCOc1ccc(NC(=O)c2cc(C)cc(Br)c2)cn1. The number of halogens is 1. The molecule has 104 valence electrons. The van der Waals surface area contributed by atoms with Gasteiger partial charge in [0, 0.05) is 16.1 Å². The molecule has 0 radical (unpaired) electrons. The number of benzene rings is 1. The van der Waals surface area contributed by atoms with Gasteiger partial charge in [0.2, 0.25) is 5.88 Å². The number of amides is 1. The Hall–Kier alpha value is -1.88. The summed E-state index contributed by atoms with van der Waals surface area (Å²) in [5, 5.41) is 2.80. The number of aromatic nitrogens is 1. The van der Waals surface area contributed by atoms with Crippen LogP contribution in [0.15, 0.2) is 41.0 Å². The monoisotopic (exact) mass is 334 g/mol. The van der Waals surface area contributed by atoms with Crippen LogP contribution >= 0.6 is 15.9 Å². The van der Waals surface area contributed by atoms with Crippen molar-refractivity contribution in [3.8, 4) is 5.88 Å². The van der Waals surface area contributed by atoms with Gasteiger partial charge < -0.3 is 10.1 Å². The Morgan fingerprint density at radius 2 is 2.15 bits per heavy atom. The van der Waals surface area contributed by atoms with Crippen molar-refractivity contribution in [3.05, 3.63) is 52.1 Å². The molecule has 0 spiro atoms. The number of ether oxygens (including phenoxy) is 1. The van der Waals surface area contributed by atoms with E-state index >= 15 is 0 Å².